The summed E-state index contributed by atoms with van der Waals surface area (Å²) in [5.41, 5.74) is -0.888. The molecule has 1 fully saturated rings. The molecule has 1 saturated heterocycles. The van der Waals surface area contributed by atoms with Gasteiger partial charge in [-0.15, -0.1) is 0 Å². The fraction of sp³-hybridized carbons (Fsp3) is 0.619. The molecule has 1 aromatic carbocycles. The molecule has 1 aromatic rings. The summed E-state index contributed by atoms with van der Waals surface area (Å²) in [6, 6.07) is 6.61. The van der Waals surface area contributed by atoms with Crippen molar-refractivity contribution in [3.8, 4) is 11.5 Å². The Morgan fingerprint density at radius 3 is 2.32 bits per heavy atom. The smallest absolute Gasteiger partial charge is 0.325 e. The number of carbonyl (C=O) groups excluding carboxylic acids is 2. The minimum atomic E-state index is -0.969. The van der Waals surface area contributed by atoms with Gasteiger partial charge in [0.1, 0.15) is 29.7 Å². The zero-order valence-electron chi connectivity index (χ0n) is 17.1. The number of hydrogen-bond donors (Lipinski definition) is 2. The predicted molar refractivity (Wildman–Crippen MR) is 107 cm³/mol. The summed E-state index contributed by atoms with van der Waals surface area (Å²) >= 11 is 0. The number of hydrogen-bond acceptors (Lipinski definition) is 5. The van der Waals surface area contributed by atoms with Crippen LogP contribution in [0.4, 0.5) is 4.79 Å². The Labute approximate surface area is 167 Å². The van der Waals surface area contributed by atoms with Crippen molar-refractivity contribution >= 4 is 11.9 Å². The monoisotopic (exact) mass is 392 g/mol. The second-order valence-corrected chi connectivity index (χ2v) is 7.36. The summed E-state index contributed by atoms with van der Waals surface area (Å²) in [7, 11) is 0. The van der Waals surface area contributed by atoms with Crippen LogP contribution in [0.3, 0.4) is 0 Å². The number of urea groups is 1. The first-order chi connectivity index (χ1) is 13.4. The summed E-state index contributed by atoms with van der Waals surface area (Å²) in [5.74, 6) is 1.04. The van der Waals surface area contributed by atoms with Gasteiger partial charge in [-0.3, -0.25) is 9.69 Å². The standard InChI is InChI=1S/C21H32N2O5/c1-4-6-7-8-13-21(3)19(25)23(20(26)22-21)14-16(24)15-28-18-11-9-17(10-12-18)27-5-2/h9-12,16,24H,4-8,13-15H2,1-3H3,(H,22,26). The van der Waals surface area contributed by atoms with Crippen LogP contribution in [0.2, 0.25) is 0 Å². The van der Waals surface area contributed by atoms with E-state index in [1.165, 1.54) is 0 Å². The lowest BCUT2D eigenvalue weighted by atomic mass is 9.94. The van der Waals surface area contributed by atoms with Crippen molar-refractivity contribution in [2.24, 2.45) is 0 Å². The molecule has 0 aliphatic carbocycles. The van der Waals surface area contributed by atoms with Gasteiger partial charge in [0.25, 0.3) is 5.91 Å². The first-order valence-corrected chi connectivity index (χ1v) is 10.1. The molecule has 0 aromatic heterocycles. The first-order valence-electron chi connectivity index (χ1n) is 10.1. The third kappa shape index (κ3) is 5.86. The molecule has 0 saturated carbocycles. The Kier molecular flexibility index (Phi) is 8.11. The van der Waals surface area contributed by atoms with E-state index < -0.39 is 17.7 Å². The minimum absolute atomic E-state index is 0.0156. The molecule has 7 nitrogen and oxygen atoms in total. The fourth-order valence-corrected chi connectivity index (χ4v) is 3.24. The number of rotatable bonds is 12. The summed E-state index contributed by atoms with van der Waals surface area (Å²) in [6.07, 6.45) is 3.78. The van der Waals surface area contributed by atoms with Gasteiger partial charge in [-0.1, -0.05) is 32.6 Å². The maximum absolute atomic E-state index is 12.7. The highest BCUT2D eigenvalue weighted by Crippen LogP contribution is 2.24. The quantitative estimate of drug-likeness (QED) is 0.421. The molecule has 2 atom stereocenters. The minimum Gasteiger partial charge on any atom is -0.494 e. The number of nitrogens with zero attached hydrogens (tertiary/aromatic N) is 1. The van der Waals surface area contributed by atoms with E-state index >= 15 is 0 Å². The van der Waals surface area contributed by atoms with Gasteiger partial charge in [0.05, 0.1) is 13.2 Å². The SMILES string of the molecule is CCCCCCC1(C)NC(=O)N(CC(O)COc2ccc(OCC)cc2)C1=O. The average Bonchev–Trinajstić information content (AvgIpc) is 2.88. The third-order valence-corrected chi connectivity index (χ3v) is 4.85. The molecule has 7 heteroatoms. The van der Waals surface area contributed by atoms with Crippen LogP contribution in [-0.2, 0) is 4.79 Å². The van der Waals surface area contributed by atoms with Gasteiger partial charge in [0, 0.05) is 0 Å². The fourth-order valence-electron chi connectivity index (χ4n) is 3.24. The van der Waals surface area contributed by atoms with Crippen LogP contribution in [0.5, 0.6) is 11.5 Å². The Bertz CT molecular complexity index is 649. The summed E-state index contributed by atoms with van der Waals surface area (Å²) in [5, 5.41) is 13.0. The second kappa shape index (κ2) is 10.3. The van der Waals surface area contributed by atoms with Crippen LogP contribution in [0.1, 0.15) is 52.9 Å². The Hall–Kier alpha value is -2.28. The Morgan fingerprint density at radius 2 is 1.71 bits per heavy atom. The van der Waals surface area contributed by atoms with E-state index in [1.807, 2.05) is 6.92 Å². The van der Waals surface area contributed by atoms with Gasteiger partial charge >= 0.3 is 6.03 Å². The number of carbonyl (C=O) groups is 2. The van der Waals surface area contributed by atoms with E-state index in [0.717, 1.165) is 36.3 Å². The molecule has 0 radical (unpaired) electrons. The van der Waals surface area contributed by atoms with Crippen molar-refractivity contribution in [2.45, 2.75) is 64.5 Å². The normalized spacial score (nSPS) is 20.2. The molecule has 0 bridgehead atoms. The predicted octanol–water partition coefficient (Wildman–Crippen LogP) is 3.11. The molecule has 1 aliphatic rings. The summed E-state index contributed by atoms with van der Waals surface area (Å²) < 4.78 is 10.9. The molecule has 2 N–H and O–H groups in total. The van der Waals surface area contributed by atoms with Crippen molar-refractivity contribution in [1.82, 2.24) is 10.2 Å². The highest BCUT2D eigenvalue weighted by Gasteiger charge is 2.47. The first kappa shape index (κ1) is 22.0. The van der Waals surface area contributed by atoms with Crippen molar-refractivity contribution in [2.75, 3.05) is 19.8 Å². The van der Waals surface area contributed by atoms with Crippen LogP contribution >= 0.6 is 0 Å². The largest absolute Gasteiger partial charge is 0.494 e. The van der Waals surface area contributed by atoms with Crippen LogP contribution in [0.25, 0.3) is 0 Å². The summed E-state index contributed by atoms with van der Waals surface area (Å²) in [4.78, 5) is 26.0. The van der Waals surface area contributed by atoms with Gasteiger partial charge in [-0.25, -0.2) is 4.79 Å². The maximum Gasteiger partial charge on any atom is 0.325 e. The maximum atomic E-state index is 12.7. The zero-order chi connectivity index (χ0) is 20.6. The molecule has 156 valence electrons. The van der Waals surface area contributed by atoms with Crippen LogP contribution in [0, 0.1) is 0 Å². The number of unbranched alkanes of at least 4 members (excludes halogenated alkanes) is 3. The van der Waals surface area contributed by atoms with E-state index in [-0.39, 0.29) is 19.1 Å². The van der Waals surface area contributed by atoms with Crippen molar-refractivity contribution in [3.05, 3.63) is 24.3 Å². The lowest BCUT2D eigenvalue weighted by molar-refractivity contribution is -0.132. The zero-order valence-corrected chi connectivity index (χ0v) is 17.1. The highest BCUT2D eigenvalue weighted by molar-refractivity contribution is 6.06. The Morgan fingerprint density at radius 1 is 1.07 bits per heavy atom. The number of amides is 3. The van der Waals surface area contributed by atoms with Crippen molar-refractivity contribution in [1.29, 1.82) is 0 Å². The number of imide groups is 1. The van der Waals surface area contributed by atoms with Gasteiger partial charge in [0.2, 0.25) is 0 Å². The molecule has 1 heterocycles. The number of aliphatic hydroxyl groups excluding tert-OH is 1. The number of benzene rings is 1. The van der Waals surface area contributed by atoms with Gasteiger partial charge in [-0.05, 0) is 44.5 Å². The lowest BCUT2D eigenvalue weighted by Crippen LogP contribution is -2.45. The topological polar surface area (TPSA) is 88.1 Å². The van der Waals surface area contributed by atoms with Crippen molar-refractivity contribution in [3.63, 3.8) is 0 Å². The molecule has 2 unspecified atom stereocenters. The van der Waals surface area contributed by atoms with Crippen LogP contribution in [-0.4, -0.2) is 53.3 Å². The molecule has 0 spiro atoms. The number of β-amino-alcohol motifs (C(OH)–C–C–N with tert-alkyl or cyclic N) is 1. The molecule has 28 heavy (non-hydrogen) atoms. The molecule has 1 aliphatic heterocycles. The molecule has 3 amide bonds. The third-order valence-electron chi connectivity index (χ3n) is 4.85. The Balaban J connectivity index is 1.82. The highest BCUT2D eigenvalue weighted by atomic mass is 16.5. The van der Waals surface area contributed by atoms with Gasteiger partial charge in [0.15, 0.2) is 0 Å². The van der Waals surface area contributed by atoms with E-state index in [1.54, 1.807) is 31.2 Å². The second-order valence-electron chi connectivity index (χ2n) is 7.36. The summed E-state index contributed by atoms with van der Waals surface area (Å²) in [6.45, 7) is 6.27. The van der Waals surface area contributed by atoms with Gasteiger partial charge in [-0.2, -0.15) is 0 Å². The van der Waals surface area contributed by atoms with Crippen LogP contribution < -0.4 is 14.8 Å². The van der Waals surface area contributed by atoms with Crippen molar-refractivity contribution < 1.29 is 24.2 Å². The molecule has 2 rings (SSSR count). The number of aliphatic hydroxyl groups is 1. The van der Waals surface area contributed by atoms with E-state index in [2.05, 4.69) is 12.2 Å². The van der Waals surface area contributed by atoms with E-state index in [9.17, 15) is 14.7 Å². The lowest BCUT2D eigenvalue weighted by Gasteiger charge is -2.22. The molecular weight excluding hydrogens is 360 g/mol. The number of nitrogens with one attached hydrogen (secondary N) is 1. The average molecular weight is 392 g/mol. The van der Waals surface area contributed by atoms with Crippen LogP contribution in [0.15, 0.2) is 24.3 Å². The van der Waals surface area contributed by atoms with E-state index in [4.69, 9.17) is 9.47 Å². The number of ether oxygens (including phenoxy) is 2. The van der Waals surface area contributed by atoms with E-state index in [0.29, 0.717) is 18.8 Å². The van der Waals surface area contributed by atoms with Gasteiger partial charge < -0.3 is 19.9 Å². The molecular formula is C21H32N2O5.